The van der Waals surface area contributed by atoms with Crippen molar-refractivity contribution in [3.63, 3.8) is 0 Å². The van der Waals surface area contributed by atoms with Crippen LogP contribution in [0.1, 0.15) is 15.9 Å². The Labute approximate surface area is 110 Å². The largest absolute Gasteiger partial charge is 0.504 e. The van der Waals surface area contributed by atoms with E-state index in [0.717, 1.165) is 0 Å². The van der Waals surface area contributed by atoms with E-state index in [-0.39, 0.29) is 11.5 Å². The third-order valence-electron chi connectivity index (χ3n) is 2.55. The minimum Gasteiger partial charge on any atom is -0.504 e. The lowest BCUT2D eigenvalue weighted by molar-refractivity contribution is 0.103. The number of carbonyl (C=O) groups excluding carboxylic acids is 1. The molecule has 2 rings (SSSR count). The van der Waals surface area contributed by atoms with Gasteiger partial charge < -0.3 is 9.84 Å². The lowest BCUT2D eigenvalue weighted by Crippen LogP contribution is -2.01. The van der Waals surface area contributed by atoms with E-state index >= 15 is 0 Å². The molecule has 0 aliphatic heterocycles. The predicted octanol–water partition coefficient (Wildman–Crippen LogP) is 3.29. The maximum Gasteiger partial charge on any atom is 0.193 e. The van der Waals surface area contributed by atoms with Crippen LogP contribution in [0, 0.1) is 0 Å². The Morgan fingerprint density at radius 1 is 1.11 bits per heavy atom. The molecule has 0 atom stereocenters. The SMILES string of the molecule is COc1ccc(C(=O)c2ccc(Cl)cc2)cc1O. The van der Waals surface area contributed by atoms with E-state index in [9.17, 15) is 9.90 Å². The molecule has 1 N–H and O–H groups in total. The molecule has 0 aliphatic rings. The van der Waals surface area contributed by atoms with Crippen molar-refractivity contribution in [3.05, 3.63) is 58.6 Å². The summed E-state index contributed by atoms with van der Waals surface area (Å²) < 4.78 is 4.92. The van der Waals surface area contributed by atoms with Crippen molar-refractivity contribution in [2.45, 2.75) is 0 Å². The number of ketones is 1. The number of methoxy groups -OCH3 is 1. The molecule has 3 nitrogen and oxygen atoms in total. The number of phenols is 1. The zero-order valence-corrected chi connectivity index (χ0v) is 10.4. The highest BCUT2D eigenvalue weighted by molar-refractivity contribution is 6.30. The minimum absolute atomic E-state index is 0.0580. The average Bonchev–Trinajstić information content (AvgIpc) is 2.38. The normalized spacial score (nSPS) is 10.1. The maximum atomic E-state index is 12.1. The number of benzene rings is 2. The van der Waals surface area contributed by atoms with Gasteiger partial charge in [-0.05, 0) is 42.5 Å². The standard InChI is InChI=1S/C14H11ClO3/c1-18-13-7-4-10(8-12(13)16)14(17)9-2-5-11(15)6-3-9/h2-8,16H,1H3. The lowest BCUT2D eigenvalue weighted by Gasteiger charge is -2.05. The van der Waals surface area contributed by atoms with Crippen molar-refractivity contribution >= 4 is 17.4 Å². The first-order chi connectivity index (χ1) is 8.61. The number of rotatable bonds is 3. The fourth-order valence-corrected chi connectivity index (χ4v) is 1.73. The van der Waals surface area contributed by atoms with E-state index in [2.05, 4.69) is 0 Å². The van der Waals surface area contributed by atoms with Gasteiger partial charge in [0.05, 0.1) is 7.11 Å². The van der Waals surface area contributed by atoms with Crippen LogP contribution in [0.5, 0.6) is 11.5 Å². The quantitative estimate of drug-likeness (QED) is 0.864. The molecule has 0 spiro atoms. The van der Waals surface area contributed by atoms with E-state index in [0.29, 0.717) is 21.9 Å². The van der Waals surface area contributed by atoms with Crippen LogP contribution >= 0.6 is 11.6 Å². The van der Waals surface area contributed by atoms with Gasteiger partial charge in [0.15, 0.2) is 17.3 Å². The zero-order valence-electron chi connectivity index (χ0n) is 9.68. The van der Waals surface area contributed by atoms with Gasteiger partial charge in [-0.1, -0.05) is 11.6 Å². The van der Waals surface area contributed by atoms with Crippen LogP contribution in [0.15, 0.2) is 42.5 Å². The summed E-state index contributed by atoms with van der Waals surface area (Å²) >= 11 is 5.76. The summed E-state index contributed by atoms with van der Waals surface area (Å²) in [5.74, 6) is 0.101. The molecule has 0 fully saturated rings. The van der Waals surface area contributed by atoms with Crippen molar-refractivity contribution in [2.75, 3.05) is 7.11 Å². The van der Waals surface area contributed by atoms with Crippen molar-refractivity contribution < 1.29 is 14.6 Å². The van der Waals surface area contributed by atoms with Crippen molar-refractivity contribution in [1.29, 1.82) is 0 Å². The molecule has 4 heteroatoms. The third-order valence-corrected chi connectivity index (χ3v) is 2.80. The summed E-state index contributed by atoms with van der Waals surface area (Å²) in [4.78, 5) is 12.1. The number of hydrogen-bond donors (Lipinski definition) is 1. The van der Waals surface area contributed by atoms with Gasteiger partial charge in [0.25, 0.3) is 0 Å². The molecule has 0 heterocycles. The number of halogens is 1. The molecule has 0 aromatic heterocycles. The van der Waals surface area contributed by atoms with Crippen molar-refractivity contribution in [1.82, 2.24) is 0 Å². The van der Waals surface area contributed by atoms with Gasteiger partial charge in [0, 0.05) is 16.1 Å². The van der Waals surface area contributed by atoms with E-state index in [1.54, 1.807) is 36.4 Å². The second kappa shape index (κ2) is 5.10. The fraction of sp³-hybridized carbons (Fsp3) is 0.0714. The Balaban J connectivity index is 2.34. The molecule has 0 amide bonds. The van der Waals surface area contributed by atoms with Crippen LogP contribution in [0.25, 0.3) is 0 Å². The first-order valence-electron chi connectivity index (χ1n) is 5.29. The van der Waals surface area contributed by atoms with Gasteiger partial charge >= 0.3 is 0 Å². The van der Waals surface area contributed by atoms with E-state index in [4.69, 9.17) is 16.3 Å². The van der Waals surface area contributed by atoms with Crippen molar-refractivity contribution in [3.8, 4) is 11.5 Å². The lowest BCUT2D eigenvalue weighted by atomic mass is 10.0. The number of ether oxygens (including phenoxy) is 1. The Hall–Kier alpha value is -2.00. The van der Waals surface area contributed by atoms with Gasteiger partial charge in [0.1, 0.15) is 0 Å². The topological polar surface area (TPSA) is 46.5 Å². The number of phenolic OH excluding ortho intramolecular Hbond substituents is 1. The van der Waals surface area contributed by atoms with Gasteiger partial charge in [0.2, 0.25) is 0 Å². The molecule has 0 saturated carbocycles. The summed E-state index contributed by atoms with van der Waals surface area (Å²) in [5, 5.41) is 10.2. The first kappa shape index (κ1) is 12.5. The number of carbonyl (C=O) groups is 1. The molecule has 2 aromatic rings. The second-order valence-electron chi connectivity index (χ2n) is 3.72. The number of hydrogen-bond acceptors (Lipinski definition) is 3. The van der Waals surface area contributed by atoms with Crippen molar-refractivity contribution in [2.24, 2.45) is 0 Å². The molecule has 0 saturated heterocycles. The van der Waals surface area contributed by atoms with Gasteiger partial charge in [-0.3, -0.25) is 4.79 Å². The summed E-state index contributed by atoms with van der Waals surface area (Å²) in [6, 6.07) is 11.1. The van der Waals surface area contributed by atoms with Gasteiger partial charge in [-0.25, -0.2) is 0 Å². The molecule has 0 bridgehead atoms. The minimum atomic E-state index is -0.176. The molecule has 18 heavy (non-hydrogen) atoms. The highest BCUT2D eigenvalue weighted by Crippen LogP contribution is 2.27. The van der Waals surface area contributed by atoms with Crippen LogP contribution in [0.2, 0.25) is 5.02 Å². The maximum absolute atomic E-state index is 12.1. The van der Waals surface area contributed by atoms with Crippen LogP contribution in [-0.2, 0) is 0 Å². The summed E-state index contributed by atoms with van der Waals surface area (Å²) in [6.45, 7) is 0. The van der Waals surface area contributed by atoms with Crippen LogP contribution in [0.4, 0.5) is 0 Å². The van der Waals surface area contributed by atoms with Gasteiger partial charge in [-0.2, -0.15) is 0 Å². The summed E-state index contributed by atoms with van der Waals surface area (Å²) in [7, 11) is 1.45. The predicted molar refractivity (Wildman–Crippen MR) is 69.5 cm³/mol. The Morgan fingerprint density at radius 3 is 2.28 bits per heavy atom. The fourth-order valence-electron chi connectivity index (χ4n) is 1.60. The van der Waals surface area contributed by atoms with Gasteiger partial charge in [-0.15, -0.1) is 0 Å². The molecule has 92 valence electrons. The smallest absolute Gasteiger partial charge is 0.193 e. The molecular weight excluding hydrogens is 252 g/mol. The molecule has 0 radical (unpaired) electrons. The Morgan fingerprint density at radius 2 is 1.72 bits per heavy atom. The molecule has 0 aliphatic carbocycles. The van der Waals surface area contributed by atoms with E-state index < -0.39 is 0 Å². The molecule has 0 unspecified atom stereocenters. The van der Waals surface area contributed by atoms with Crippen LogP contribution < -0.4 is 4.74 Å². The Bertz CT molecular complexity index is 576. The number of aromatic hydroxyl groups is 1. The first-order valence-corrected chi connectivity index (χ1v) is 5.67. The third kappa shape index (κ3) is 2.46. The molecule has 2 aromatic carbocycles. The summed E-state index contributed by atoms with van der Waals surface area (Å²) in [6.07, 6.45) is 0. The highest BCUT2D eigenvalue weighted by atomic mass is 35.5. The molecular formula is C14H11ClO3. The van der Waals surface area contributed by atoms with Crippen LogP contribution in [-0.4, -0.2) is 18.0 Å². The monoisotopic (exact) mass is 262 g/mol. The van der Waals surface area contributed by atoms with Crippen LogP contribution in [0.3, 0.4) is 0 Å². The Kier molecular flexibility index (Phi) is 3.53. The highest BCUT2D eigenvalue weighted by Gasteiger charge is 2.11. The van der Waals surface area contributed by atoms with E-state index in [1.165, 1.54) is 13.2 Å². The summed E-state index contributed by atoms with van der Waals surface area (Å²) in [5.41, 5.74) is 0.916. The average molecular weight is 263 g/mol. The zero-order chi connectivity index (χ0) is 13.1. The second-order valence-corrected chi connectivity index (χ2v) is 4.16. The van der Waals surface area contributed by atoms with E-state index in [1.807, 2.05) is 0 Å².